The highest BCUT2D eigenvalue weighted by Gasteiger charge is 2.36. The van der Waals surface area contributed by atoms with Gasteiger partial charge in [-0.1, -0.05) is 53.7 Å². The Balaban J connectivity index is 1.58. The first kappa shape index (κ1) is 22.0. The van der Waals surface area contributed by atoms with Crippen LogP contribution in [0, 0.1) is 5.82 Å². The Hall–Kier alpha value is -3.16. The normalized spacial score (nSPS) is 17.4. The smallest absolute Gasteiger partial charge is 0.238 e. The third-order valence-electron chi connectivity index (χ3n) is 4.78. The van der Waals surface area contributed by atoms with Crippen molar-refractivity contribution in [3.8, 4) is 0 Å². The van der Waals surface area contributed by atoms with E-state index in [0.29, 0.717) is 28.1 Å². The molecular formula is C24H19ClFN3O2S. The van der Waals surface area contributed by atoms with Gasteiger partial charge in [-0.2, -0.15) is 0 Å². The molecule has 4 rings (SSSR count). The Morgan fingerprint density at radius 1 is 1.06 bits per heavy atom. The van der Waals surface area contributed by atoms with Crippen molar-refractivity contribution in [3.05, 3.63) is 95.3 Å². The summed E-state index contributed by atoms with van der Waals surface area (Å²) in [7, 11) is 0. The van der Waals surface area contributed by atoms with Crippen LogP contribution in [0.2, 0.25) is 5.02 Å². The number of carbonyl (C=O) groups excluding carboxylic acids is 2. The van der Waals surface area contributed by atoms with Gasteiger partial charge in [0.25, 0.3) is 0 Å². The highest BCUT2D eigenvalue weighted by Crippen LogP contribution is 2.31. The molecule has 0 unspecified atom stereocenters. The Kier molecular flexibility index (Phi) is 6.87. The van der Waals surface area contributed by atoms with E-state index in [-0.39, 0.29) is 24.1 Å². The molecule has 0 saturated carbocycles. The van der Waals surface area contributed by atoms with Gasteiger partial charge in [0.1, 0.15) is 11.1 Å². The van der Waals surface area contributed by atoms with E-state index in [1.165, 1.54) is 36.0 Å². The second kappa shape index (κ2) is 9.97. The molecule has 1 fully saturated rings. The van der Waals surface area contributed by atoms with Crippen LogP contribution in [0.15, 0.2) is 83.9 Å². The van der Waals surface area contributed by atoms with Crippen LogP contribution >= 0.6 is 23.4 Å². The van der Waals surface area contributed by atoms with Crippen LogP contribution < -0.4 is 5.32 Å². The average Bonchev–Trinajstić information content (AvgIpc) is 2.79. The number of anilines is 1. The molecule has 1 N–H and O–H groups in total. The van der Waals surface area contributed by atoms with E-state index in [0.717, 1.165) is 5.56 Å². The molecule has 2 amide bonds. The molecule has 1 heterocycles. The number of nitrogens with one attached hydrogen (secondary N) is 1. The fourth-order valence-electron chi connectivity index (χ4n) is 3.14. The highest BCUT2D eigenvalue weighted by atomic mass is 35.5. The SMILES string of the molecule is O=C(Nc1ccc(F)cc1)[C@H]1CC(=O)N(Cc2ccccc2)C(=Nc2ccc(Cl)cc2)S1. The van der Waals surface area contributed by atoms with Gasteiger partial charge in [-0.05, 0) is 54.1 Å². The number of thioether (sulfide) groups is 1. The summed E-state index contributed by atoms with van der Waals surface area (Å²) in [4.78, 5) is 32.1. The molecule has 1 atom stereocenters. The van der Waals surface area contributed by atoms with E-state index in [9.17, 15) is 14.0 Å². The lowest BCUT2D eigenvalue weighted by Crippen LogP contribution is -2.44. The molecule has 32 heavy (non-hydrogen) atoms. The number of halogens is 2. The van der Waals surface area contributed by atoms with Gasteiger partial charge in [-0.3, -0.25) is 14.5 Å². The van der Waals surface area contributed by atoms with Crippen LogP contribution in [-0.2, 0) is 16.1 Å². The standard InChI is InChI=1S/C24H19ClFN3O2S/c25-17-6-10-20(11-7-17)28-24-29(15-16-4-2-1-3-5-16)22(30)14-21(32-24)23(31)27-19-12-8-18(26)9-13-19/h1-13,21H,14-15H2,(H,27,31)/t21-/m1/s1. The number of hydrogen-bond donors (Lipinski definition) is 1. The molecule has 8 heteroatoms. The van der Waals surface area contributed by atoms with Crippen LogP contribution in [0.5, 0.6) is 0 Å². The van der Waals surface area contributed by atoms with E-state index >= 15 is 0 Å². The first-order chi connectivity index (χ1) is 15.5. The maximum atomic E-state index is 13.1. The van der Waals surface area contributed by atoms with Gasteiger partial charge in [0, 0.05) is 17.1 Å². The van der Waals surface area contributed by atoms with Crippen molar-refractivity contribution in [3.63, 3.8) is 0 Å². The van der Waals surface area contributed by atoms with E-state index in [2.05, 4.69) is 10.3 Å². The molecule has 5 nitrogen and oxygen atoms in total. The Labute approximate surface area is 194 Å². The van der Waals surface area contributed by atoms with Crippen molar-refractivity contribution in [1.29, 1.82) is 0 Å². The summed E-state index contributed by atoms with van der Waals surface area (Å²) in [5, 5.41) is 3.10. The van der Waals surface area contributed by atoms with Crippen LogP contribution in [-0.4, -0.2) is 27.1 Å². The summed E-state index contributed by atoms with van der Waals surface area (Å²) in [5.74, 6) is -0.920. The number of amides is 2. The van der Waals surface area contributed by atoms with Crippen molar-refractivity contribution < 1.29 is 14.0 Å². The summed E-state index contributed by atoms with van der Waals surface area (Å²) >= 11 is 7.20. The van der Waals surface area contributed by atoms with Gasteiger partial charge < -0.3 is 5.32 Å². The predicted molar refractivity (Wildman–Crippen MR) is 127 cm³/mol. The summed E-state index contributed by atoms with van der Waals surface area (Å²) in [6.07, 6.45) is 0.0319. The molecule has 0 spiro atoms. The number of rotatable bonds is 5. The molecule has 1 aliphatic heterocycles. The minimum absolute atomic E-state index is 0.0319. The highest BCUT2D eigenvalue weighted by molar-refractivity contribution is 8.15. The molecule has 1 saturated heterocycles. The Morgan fingerprint density at radius 2 is 1.75 bits per heavy atom. The third kappa shape index (κ3) is 5.55. The van der Waals surface area contributed by atoms with Crippen molar-refractivity contribution in [1.82, 2.24) is 4.90 Å². The first-order valence-electron chi connectivity index (χ1n) is 9.89. The molecule has 1 aliphatic rings. The van der Waals surface area contributed by atoms with E-state index in [4.69, 9.17) is 11.6 Å². The van der Waals surface area contributed by atoms with Gasteiger partial charge in [0.2, 0.25) is 11.8 Å². The summed E-state index contributed by atoms with van der Waals surface area (Å²) in [6.45, 7) is 0.353. The zero-order valence-corrected chi connectivity index (χ0v) is 18.4. The van der Waals surface area contributed by atoms with Crippen molar-refractivity contribution >= 4 is 51.7 Å². The van der Waals surface area contributed by atoms with Gasteiger partial charge >= 0.3 is 0 Å². The monoisotopic (exact) mass is 467 g/mol. The van der Waals surface area contributed by atoms with E-state index in [1.54, 1.807) is 29.2 Å². The number of benzene rings is 3. The lowest BCUT2D eigenvalue weighted by Gasteiger charge is -2.32. The van der Waals surface area contributed by atoms with Crippen molar-refractivity contribution in [2.75, 3.05) is 5.32 Å². The minimum atomic E-state index is -0.661. The molecule has 162 valence electrons. The van der Waals surface area contributed by atoms with Crippen LogP contribution in [0.4, 0.5) is 15.8 Å². The van der Waals surface area contributed by atoms with E-state index in [1.807, 2.05) is 30.3 Å². The molecule has 0 radical (unpaired) electrons. The third-order valence-corrected chi connectivity index (χ3v) is 6.22. The van der Waals surface area contributed by atoms with Gasteiger partial charge in [0.05, 0.1) is 12.2 Å². The van der Waals surface area contributed by atoms with Crippen LogP contribution in [0.3, 0.4) is 0 Å². The van der Waals surface area contributed by atoms with Gasteiger partial charge in [0.15, 0.2) is 5.17 Å². The van der Waals surface area contributed by atoms with Crippen molar-refractivity contribution in [2.24, 2.45) is 4.99 Å². The second-order valence-electron chi connectivity index (χ2n) is 7.14. The molecule has 0 aliphatic carbocycles. The first-order valence-corrected chi connectivity index (χ1v) is 11.2. The molecule has 0 bridgehead atoms. The van der Waals surface area contributed by atoms with E-state index < -0.39 is 5.25 Å². The van der Waals surface area contributed by atoms with Crippen LogP contribution in [0.1, 0.15) is 12.0 Å². The number of nitrogens with zero attached hydrogens (tertiary/aromatic N) is 2. The molecule has 3 aromatic carbocycles. The lowest BCUT2D eigenvalue weighted by atomic mass is 10.2. The summed E-state index contributed by atoms with van der Waals surface area (Å²) < 4.78 is 13.1. The van der Waals surface area contributed by atoms with Crippen LogP contribution in [0.25, 0.3) is 0 Å². The maximum Gasteiger partial charge on any atom is 0.238 e. The topological polar surface area (TPSA) is 61.8 Å². The van der Waals surface area contributed by atoms with Gasteiger partial charge in [-0.25, -0.2) is 9.38 Å². The predicted octanol–water partition coefficient (Wildman–Crippen LogP) is 5.64. The minimum Gasteiger partial charge on any atom is -0.325 e. The number of aliphatic imine (C=N–C) groups is 1. The fraction of sp³-hybridized carbons (Fsp3) is 0.125. The Bertz CT molecular complexity index is 1140. The zero-order valence-electron chi connectivity index (χ0n) is 16.9. The largest absolute Gasteiger partial charge is 0.325 e. The maximum absolute atomic E-state index is 13.1. The molecule has 3 aromatic rings. The van der Waals surface area contributed by atoms with Gasteiger partial charge in [-0.15, -0.1) is 0 Å². The van der Waals surface area contributed by atoms with Crippen molar-refractivity contribution in [2.45, 2.75) is 18.2 Å². The summed E-state index contributed by atoms with van der Waals surface area (Å²) in [5.41, 5.74) is 2.05. The number of carbonyl (C=O) groups is 2. The quantitative estimate of drug-likeness (QED) is 0.528. The zero-order chi connectivity index (χ0) is 22.5. The summed E-state index contributed by atoms with van der Waals surface area (Å²) in [6, 6.07) is 22.0. The number of hydrogen-bond acceptors (Lipinski definition) is 4. The Morgan fingerprint density at radius 3 is 2.44 bits per heavy atom. The lowest BCUT2D eigenvalue weighted by molar-refractivity contribution is -0.129. The average molecular weight is 468 g/mol. The number of amidine groups is 1. The molecule has 0 aromatic heterocycles. The fourth-order valence-corrected chi connectivity index (χ4v) is 4.37. The second-order valence-corrected chi connectivity index (χ2v) is 8.75. The molecular weight excluding hydrogens is 449 g/mol.